The maximum absolute atomic E-state index is 11.4. The van der Waals surface area contributed by atoms with E-state index in [4.69, 9.17) is 10.2 Å². The molecular formula is C12H14CsNO4. The summed E-state index contributed by atoms with van der Waals surface area (Å²) in [5.74, 6) is -1.21. The van der Waals surface area contributed by atoms with Gasteiger partial charge in [0.15, 0.2) is 5.91 Å². The van der Waals surface area contributed by atoms with Crippen molar-refractivity contribution in [3.63, 3.8) is 0 Å². The molecule has 0 aliphatic rings. The van der Waals surface area contributed by atoms with E-state index in [1.54, 1.807) is 24.3 Å². The number of amides is 1. The van der Waals surface area contributed by atoms with E-state index < -0.39 is 5.97 Å². The fraction of sp³-hybridized carbons (Fsp3) is 0.250. The molecule has 5 nitrogen and oxygen atoms in total. The first kappa shape index (κ1) is 18.2. The van der Waals surface area contributed by atoms with Gasteiger partial charge in [0.1, 0.15) is 0 Å². The Bertz CT molecular complexity index is 392. The van der Waals surface area contributed by atoms with Crippen molar-refractivity contribution in [1.82, 2.24) is 0 Å². The summed E-state index contributed by atoms with van der Waals surface area (Å²) in [6, 6.07) is 6.77. The average molecular weight is 369 g/mol. The first-order valence-electron chi connectivity index (χ1n) is 5.15. The van der Waals surface area contributed by atoms with Crippen LogP contribution in [0.3, 0.4) is 0 Å². The van der Waals surface area contributed by atoms with Crippen LogP contribution in [0.1, 0.15) is 18.4 Å². The van der Waals surface area contributed by atoms with E-state index in [0.29, 0.717) is 5.69 Å². The smallest absolute Gasteiger partial charge is 0.483 e. The number of anilines is 1. The number of carboxylic acid groups (broad SMARTS) is 1. The maximum Gasteiger partial charge on any atom is 1.00 e. The molecule has 0 aliphatic heterocycles. The van der Waals surface area contributed by atoms with E-state index in [-0.39, 0.29) is 94.2 Å². The Morgan fingerprint density at radius 1 is 1.17 bits per heavy atom. The molecule has 0 heterocycles. The Labute approximate surface area is 164 Å². The molecule has 0 aliphatic carbocycles. The molecule has 0 bridgehead atoms. The second kappa shape index (κ2) is 10.0. The van der Waals surface area contributed by atoms with E-state index in [2.05, 4.69) is 5.32 Å². The molecule has 6 heteroatoms. The van der Waals surface area contributed by atoms with Crippen LogP contribution in [-0.2, 0) is 16.2 Å². The number of carbonyl (C=O) groups is 2. The van der Waals surface area contributed by atoms with Gasteiger partial charge in [-0.2, -0.15) is 0 Å². The van der Waals surface area contributed by atoms with Gasteiger partial charge in [-0.3, -0.25) is 9.59 Å². The van der Waals surface area contributed by atoms with Gasteiger partial charge >= 0.3 is 68.9 Å². The van der Waals surface area contributed by atoms with Crippen LogP contribution < -0.4 is 74.2 Å². The Balaban J connectivity index is 0.00000289. The first-order valence-corrected chi connectivity index (χ1v) is 5.15. The molecule has 0 unspecified atom stereocenters. The molecule has 1 rings (SSSR count). The third kappa shape index (κ3) is 7.57. The molecule has 0 saturated heterocycles. The van der Waals surface area contributed by atoms with E-state index in [0.717, 1.165) is 5.56 Å². The number of carboxylic acids is 1. The number of aliphatic hydroxyl groups excluding tert-OH is 1. The van der Waals surface area contributed by atoms with Gasteiger partial charge < -0.3 is 22.0 Å². The van der Waals surface area contributed by atoms with Gasteiger partial charge in [-0.05, 0) is 17.7 Å². The average Bonchev–Trinajstić information content (AvgIpc) is 2.29. The third-order valence-electron chi connectivity index (χ3n) is 2.07. The number of aliphatic carboxylic acids is 1. The molecule has 1 aromatic carbocycles. The topological polar surface area (TPSA) is 86.6 Å². The van der Waals surface area contributed by atoms with Crippen molar-refractivity contribution >= 4 is 17.6 Å². The Morgan fingerprint density at radius 3 is 2.28 bits per heavy atom. The van der Waals surface area contributed by atoms with Crippen molar-refractivity contribution in [3.8, 4) is 0 Å². The van der Waals surface area contributed by atoms with E-state index in [9.17, 15) is 9.59 Å². The number of aliphatic hydroxyl groups is 1. The third-order valence-corrected chi connectivity index (χ3v) is 2.07. The van der Waals surface area contributed by atoms with Crippen LogP contribution in [0.15, 0.2) is 24.3 Å². The summed E-state index contributed by atoms with van der Waals surface area (Å²) < 4.78 is 0. The summed E-state index contributed by atoms with van der Waals surface area (Å²) in [6.45, 7) is -0.0411. The van der Waals surface area contributed by atoms with Gasteiger partial charge in [-0.1, -0.05) is 25.0 Å². The predicted molar refractivity (Wildman–Crippen MR) is 62.2 cm³/mol. The Hall–Kier alpha value is 0.172. The molecule has 0 atom stereocenters. The molecule has 0 saturated carbocycles. The minimum atomic E-state index is -0.954. The zero-order chi connectivity index (χ0) is 12.7. The van der Waals surface area contributed by atoms with Gasteiger partial charge in [-0.25, -0.2) is 0 Å². The van der Waals surface area contributed by atoms with E-state index in [1.165, 1.54) is 6.42 Å². The molecule has 1 aromatic rings. The second-order valence-corrected chi connectivity index (χ2v) is 3.49. The number of benzene rings is 1. The first-order chi connectivity index (χ1) is 8.11. The van der Waals surface area contributed by atoms with Crippen LogP contribution in [0.25, 0.3) is 0 Å². The van der Waals surface area contributed by atoms with Crippen LogP contribution in [0.4, 0.5) is 5.69 Å². The minimum Gasteiger partial charge on any atom is -0.483 e. The van der Waals surface area contributed by atoms with Crippen LogP contribution in [0, 0.1) is 6.42 Å². The van der Waals surface area contributed by atoms with E-state index >= 15 is 0 Å². The normalized spacial score (nSPS) is 9.39. The standard InChI is InChI=1S/C12H14NO4.Cs/c14-8-9-4-6-10(7-5-9)13-11(15)2-1-3-12(16)17;/h1,4-7,14H,2-3,8H2,(H,13,15)(H,16,17);/q-1;+1. The van der Waals surface area contributed by atoms with Crippen LogP contribution in [-0.4, -0.2) is 22.1 Å². The van der Waals surface area contributed by atoms with Crippen LogP contribution in [0.2, 0.25) is 0 Å². The SMILES string of the molecule is O=C(O)C[CH-]CC(=O)Nc1ccc(CO)cc1.[Cs+]. The van der Waals surface area contributed by atoms with Crippen molar-refractivity contribution in [1.29, 1.82) is 0 Å². The fourth-order valence-electron chi connectivity index (χ4n) is 1.23. The molecule has 3 N–H and O–H groups in total. The monoisotopic (exact) mass is 369 g/mol. The molecule has 0 spiro atoms. The summed E-state index contributed by atoms with van der Waals surface area (Å²) in [5.41, 5.74) is 1.39. The molecule has 18 heavy (non-hydrogen) atoms. The van der Waals surface area contributed by atoms with Gasteiger partial charge in [-0.15, -0.1) is 0 Å². The van der Waals surface area contributed by atoms with Crippen molar-refractivity contribution in [2.45, 2.75) is 19.4 Å². The number of hydrogen-bond acceptors (Lipinski definition) is 3. The summed E-state index contributed by atoms with van der Waals surface area (Å²) in [6.07, 6.45) is 1.34. The van der Waals surface area contributed by atoms with Crippen LogP contribution in [0.5, 0.6) is 0 Å². The van der Waals surface area contributed by atoms with E-state index in [1.807, 2.05) is 0 Å². The molecule has 1 amide bonds. The van der Waals surface area contributed by atoms with Gasteiger partial charge in [0, 0.05) is 5.69 Å². The molecule has 92 valence electrons. The number of nitrogens with one attached hydrogen (secondary N) is 1. The van der Waals surface area contributed by atoms with Gasteiger partial charge in [0.05, 0.1) is 6.61 Å². The summed E-state index contributed by atoms with van der Waals surface area (Å²) >= 11 is 0. The summed E-state index contributed by atoms with van der Waals surface area (Å²) in [7, 11) is 0. The van der Waals surface area contributed by atoms with Crippen molar-refractivity contribution in [2.24, 2.45) is 0 Å². The van der Waals surface area contributed by atoms with Gasteiger partial charge in [0.2, 0.25) is 0 Å². The zero-order valence-corrected chi connectivity index (χ0v) is 16.5. The predicted octanol–water partition coefficient (Wildman–Crippen LogP) is -1.81. The summed E-state index contributed by atoms with van der Waals surface area (Å²) in [4.78, 5) is 21.6. The van der Waals surface area contributed by atoms with Crippen LogP contribution >= 0.6 is 0 Å². The quantitative estimate of drug-likeness (QED) is 0.516. The number of hydrogen-bond donors (Lipinski definition) is 3. The Kier molecular flexibility index (Phi) is 10.1. The fourth-order valence-corrected chi connectivity index (χ4v) is 1.23. The zero-order valence-electron chi connectivity index (χ0n) is 10.2. The van der Waals surface area contributed by atoms with Gasteiger partial charge in [0.25, 0.3) is 5.97 Å². The van der Waals surface area contributed by atoms with Crippen molar-refractivity contribution < 1.29 is 88.7 Å². The molecule has 0 radical (unpaired) electrons. The van der Waals surface area contributed by atoms with Crippen molar-refractivity contribution in [2.75, 3.05) is 5.32 Å². The van der Waals surface area contributed by atoms with Crippen molar-refractivity contribution in [3.05, 3.63) is 36.2 Å². The number of rotatable bonds is 6. The maximum atomic E-state index is 11.4. The number of carbonyl (C=O) groups excluding carboxylic acids is 1. The molecular weight excluding hydrogens is 355 g/mol. The second-order valence-electron chi connectivity index (χ2n) is 3.49. The minimum absolute atomic E-state index is 0. The molecule has 0 fully saturated rings. The Morgan fingerprint density at radius 2 is 1.78 bits per heavy atom. The summed E-state index contributed by atoms with van der Waals surface area (Å²) in [5, 5.41) is 19.8. The molecule has 0 aromatic heterocycles. The largest absolute Gasteiger partial charge is 1.00 e.